The fourth-order valence-electron chi connectivity index (χ4n) is 4.31. The molecule has 0 bridgehead atoms. The van der Waals surface area contributed by atoms with Crippen molar-refractivity contribution in [1.82, 2.24) is 10.5 Å². The first-order valence-corrected chi connectivity index (χ1v) is 11.5. The first-order valence-electron chi connectivity index (χ1n) is 11.5. The minimum Gasteiger partial charge on any atom is -0.489 e. The van der Waals surface area contributed by atoms with Gasteiger partial charge in [0.2, 0.25) is 5.91 Å². The number of fused-ring (bicyclic) bond motifs is 1. The molecule has 1 saturated carbocycles. The van der Waals surface area contributed by atoms with Crippen LogP contribution in [-0.2, 0) is 24.4 Å². The third-order valence-electron chi connectivity index (χ3n) is 6.30. The Kier molecular flexibility index (Phi) is 6.40. The lowest BCUT2D eigenvalue weighted by Gasteiger charge is -2.13. The number of rotatable bonds is 9. The number of carbonyl (C=O) groups excluding carboxylic acids is 1. The van der Waals surface area contributed by atoms with Crippen molar-refractivity contribution in [3.05, 3.63) is 102 Å². The zero-order valence-corrected chi connectivity index (χ0v) is 18.8. The largest absolute Gasteiger partial charge is 0.489 e. The number of aromatic nitrogens is 1. The first-order chi connectivity index (χ1) is 16.7. The molecule has 1 aliphatic carbocycles. The van der Waals surface area contributed by atoms with E-state index in [2.05, 4.69) is 29.6 Å². The summed E-state index contributed by atoms with van der Waals surface area (Å²) in [5.41, 5.74) is 6.11. The van der Waals surface area contributed by atoms with Crippen LogP contribution in [0.4, 0.5) is 5.82 Å². The van der Waals surface area contributed by atoms with Crippen molar-refractivity contribution >= 4 is 22.6 Å². The fourth-order valence-corrected chi connectivity index (χ4v) is 4.31. The van der Waals surface area contributed by atoms with E-state index in [1.807, 2.05) is 60.7 Å². The van der Waals surface area contributed by atoms with Gasteiger partial charge in [0.05, 0.1) is 5.52 Å². The van der Waals surface area contributed by atoms with Crippen molar-refractivity contribution in [1.29, 1.82) is 0 Å². The molecule has 3 aromatic carbocycles. The van der Waals surface area contributed by atoms with E-state index in [1.165, 1.54) is 5.56 Å². The Hall–Kier alpha value is -3.90. The molecule has 6 heteroatoms. The molecule has 1 aromatic heterocycles. The van der Waals surface area contributed by atoms with E-state index in [0.717, 1.165) is 46.4 Å². The highest BCUT2D eigenvalue weighted by Crippen LogP contribution is 2.41. The maximum absolute atomic E-state index is 11.5. The van der Waals surface area contributed by atoms with E-state index in [-0.39, 0.29) is 11.8 Å². The third kappa shape index (κ3) is 5.18. The molecule has 34 heavy (non-hydrogen) atoms. The van der Waals surface area contributed by atoms with Gasteiger partial charge >= 0.3 is 0 Å². The van der Waals surface area contributed by atoms with Crippen LogP contribution in [0.3, 0.4) is 0 Å². The molecular formula is C28H27N3O3. The molecule has 4 aromatic rings. The van der Waals surface area contributed by atoms with Crippen LogP contribution in [-0.4, -0.2) is 16.1 Å². The number of hydrogen-bond donors (Lipinski definition) is 3. The molecular weight excluding hydrogens is 426 g/mol. The van der Waals surface area contributed by atoms with Gasteiger partial charge in [0, 0.05) is 23.4 Å². The predicted octanol–water partition coefficient (Wildman–Crippen LogP) is 5.11. The minimum atomic E-state index is -0.285. The quantitative estimate of drug-likeness (QED) is 0.242. The summed E-state index contributed by atoms with van der Waals surface area (Å²) in [4.78, 5) is 16.3. The number of carbonyl (C=O) groups is 1. The van der Waals surface area contributed by atoms with Gasteiger partial charge in [-0.3, -0.25) is 10.0 Å². The molecule has 0 radical (unpaired) electrons. The summed E-state index contributed by atoms with van der Waals surface area (Å²) in [7, 11) is 0. The minimum absolute atomic E-state index is 0.0782. The number of amides is 1. The molecule has 0 aliphatic heterocycles. The predicted molar refractivity (Wildman–Crippen MR) is 132 cm³/mol. The van der Waals surface area contributed by atoms with Gasteiger partial charge in [-0.2, -0.15) is 0 Å². The van der Waals surface area contributed by atoms with Crippen LogP contribution >= 0.6 is 0 Å². The summed E-state index contributed by atoms with van der Waals surface area (Å²) in [6.45, 7) is 1.14. The molecule has 0 unspecified atom stereocenters. The van der Waals surface area contributed by atoms with Gasteiger partial charge in [-0.1, -0.05) is 60.7 Å². The molecule has 1 fully saturated rings. The second-order valence-corrected chi connectivity index (χ2v) is 8.74. The van der Waals surface area contributed by atoms with E-state index in [1.54, 1.807) is 5.48 Å². The van der Waals surface area contributed by atoms with Gasteiger partial charge in [0.25, 0.3) is 0 Å². The van der Waals surface area contributed by atoms with Crippen LogP contribution in [0.1, 0.15) is 23.1 Å². The van der Waals surface area contributed by atoms with Gasteiger partial charge < -0.3 is 10.1 Å². The molecule has 1 heterocycles. The maximum Gasteiger partial charge on any atom is 0.246 e. The number of nitrogens with one attached hydrogen (secondary N) is 2. The molecule has 1 amide bonds. The number of para-hydroxylation sites is 1. The lowest BCUT2D eigenvalue weighted by molar-refractivity contribution is -0.130. The molecule has 0 spiro atoms. The van der Waals surface area contributed by atoms with Crippen LogP contribution in [0.2, 0.25) is 0 Å². The first kappa shape index (κ1) is 21.9. The normalized spacial score (nSPS) is 16.7. The Morgan fingerprint density at radius 1 is 0.971 bits per heavy atom. The number of nitrogens with zero attached hydrogens (tertiary/aromatic N) is 1. The van der Waals surface area contributed by atoms with Crippen molar-refractivity contribution in [2.75, 3.05) is 5.32 Å². The highest BCUT2D eigenvalue weighted by molar-refractivity contribution is 5.84. The van der Waals surface area contributed by atoms with Gasteiger partial charge in [-0.25, -0.2) is 10.5 Å². The molecule has 6 nitrogen and oxygen atoms in total. The standard InChI is InChI=1S/C28H27N3O3/c32-28(31-33)25-15-21(25)14-19-10-12-23(13-11-19)34-18-22-16-27(29-17-20-6-2-1-3-7-20)30-26-9-5-4-8-24(22)26/h1-13,16,21,25,33H,14-15,17-18H2,(H,29,30)(H,31,32)/t21-,25+/m1/s1. The average molecular weight is 454 g/mol. The molecule has 1 aliphatic rings. The SMILES string of the molecule is O=C(NO)[C@H]1C[C@H]1Cc1ccc(OCc2cc(NCc3ccccc3)nc3ccccc23)cc1. The van der Waals surface area contributed by atoms with Crippen LogP contribution in [0, 0.1) is 11.8 Å². The monoisotopic (exact) mass is 453 g/mol. The molecule has 2 atom stereocenters. The van der Waals surface area contributed by atoms with Gasteiger partial charge in [0.15, 0.2) is 0 Å². The summed E-state index contributed by atoms with van der Waals surface area (Å²) in [6, 6.07) is 28.4. The molecule has 0 saturated heterocycles. The zero-order chi connectivity index (χ0) is 23.3. The zero-order valence-electron chi connectivity index (χ0n) is 18.8. The van der Waals surface area contributed by atoms with Crippen molar-refractivity contribution < 1.29 is 14.7 Å². The highest BCUT2D eigenvalue weighted by Gasteiger charge is 2.42. The van der Waals surface area contributed by atoms with Crippen molar-refractivity contribution in [3.8, 4) is 5.75 Å². The molecule has 172 valence electrons. The molecule has 3 N–H and O–H groups in total. The third-order valence-corrected chi connectivity index (χ3v) is 6.30. The van der Waals surface area contributed by atoms with Gasteiger partial charge in [-0.05, 0) is 54.2 Å². The summed E-state index contributed by atoms with van der Waals surface area (Å²) in [5.74, 6) is 1.55. The van der Waals surface area contributed by atoms with Crippen molar-refractivity contribution in [3.63, 3.8) is 0 Å². The number of hydroxylamine groups is 1. The smallest absolute Gasteiger partial charge is 0.246 e. The highest BCUT2D eigenvalue weighted by atomic mass is 16.5. The average Bonchev–Trinajstić information content (AvgIpc) is 3.66. The fraction of sp³-hybridized carbons (Fsp3) is 0.214. The number of hydrogen-bond acceptors (Lipinski definition) is 5. The number of ether oxygens (including phenoxy) is 1. The maximum atomic E-state index is 11.5. The Balaban J connectivity index is 1.24. The van der Waals surface area contributed by atoms with E-state index in [9.17, 15) is 4.79 Å². The topological polar surface area (TPSA) is 83.5 Å². The second-order valence-electron chi connectivity index (χ2n) is 8.74. The van der Waals surface area contributed by atoms with Crippen molar-refractivity contribution in [2.24, 2.45) is 11.8 Å². The van der Waals surface area contributed by atoms with Crippen LogP contribution in [0.5, 0.6) is 5.75 Å². The summed E-state index contributed by atoms with van der Waals surface area (Å²) < 4.78 is 6.12. The van der Waals surface area contributed by atoms with E-state index in [0.29, 0.717) is 19.1 Å². The van der Waals surface area contributed by atoms with E-state index >= 15 is 0 Å². The number of anilines is 1. The number of benzene rings is 3. The van der Waals surface area contributed by atoms with Gasteiger partial charge in [-0.15, -0.1) is 0 Å². The Morgan fingerprint density at radius 2 is 1.74 bits per heavy atom. The molecule has 5 rings (SSSR count). The van der Waals surface area contributed by atoms with E-state index < -0.39 is 0 Å². The lowest BCUT2D eigenvalue weighted by atomic mass is 10.1. The summed E-state index contributed by atoms with van der Waals surface area (Å²) in [6.07, 6.45) is 1.64. The second kappa shape index (κ2) is 9.93. The van der Waals surface area contributed by atoms with Crippen LogP contribution in [0.25, 0.3) is 10.9 Å². The van der Waals surface area contributed by atoms with E-state index in [4.69, 9.17) is 14.9 Å². The van der Waals surface area contributed by atoms with Crippen LogP contribution in [0.15, 0.2) is 84.9 Å². The van der Waals surface area contributed by atoms with Gasteiger partial charge in [0.1, 0.15) is 18.2 Å². The van der Waals surface area contributed by atoms with Crippen molar-refractivity contribution in [2.45, 2.75) is 26.0 Å². The summed E-state index contributed by atoms with van der Waals surface area (Å²) in [5, 5.41) is 13.3. The Morgan fingerprint density at radius 3 is 2.53 bits per heavy atom. The number of pyridine rings is 1. The Labute approximate surface area is 198 Å². The van der Waals surface area contributed by atoms with Crippen LogP contribution < -0.4 is 15.5 Å². The Bertz CT molecular complexity index is 1280. The summed E-state index contributed by atoms with van der Waals surface area (Å²) >= 11 is 0. The lowest BCUT2D eigenvalue weighted by Crippen LogP contribution is -2.21.